The molecule has 7 heteroatoms. The first-order chi connectivity index (χ1) is 15.7. The van der Waals surface area contributed by atoms with Crippen molar-refractivity contribution >= 4 is 36.9 Å². The number of ether oxygens (including phenoxy) is 3. The zero-order chi connectivity index (χ0) is 25.7. The molecule has 2 rings (SSSR count). The molecule has 192 valence electrons. The Kier molecular flexibility index (Phi) is 10.4. The van der Waals surface area contributed by atoms with Gasteiger partial charge in [-0.2, -0.15) is 0 Å². The van der Waals surface area contributed by atoms with Crippen molar-refractivity contribution in [2.45, 2.75) is 103 Å². The van der Waals surface area contributed by atoms with Gasteiger partial charge in [0.05, 0.1) is 11.7 Å². The van der Waals surface area contributed by atoms with Gasteiger partial charge in [-0.05, 0) is 69.5 Å². The Labute approximate surface area is 221 Å². The van der Waals surface area contributed by atoms with E-state index in [4.69, 9.17) is 18.6 Å². The molecule has 0 N–H and O–H groups in total. The molecule has 0 spiro atoms. The summed E-state index contributed by atoms with van der Waals surface area (Å²) >= 11 is 2.34. The summed E-state index contributed by atoms with van der Waals surface area (Å²) in [4.78, 5) is 12.9. The van der Waals surface area contributed by atoms with Crippen LogP contribution in [0.2, 0.25) is 18.1 Å². The van der Waals surface area contributed by atoms with Crippen LogP contribution in [0, 0.1) is 5.92 Å². The summed E-state index contributed by atoms with van der Waals surface area (Å²) in [6, 6.07) is 9.08. The van der Waals surface area contributed by atoms with Crippen LogP contribution in [0.4, 0.5) is 0 Å². The van der Waals surface area contributed by atoms with E-state index in [0.29, 0.717) is 5.56 Å². The monoisotopic (exact) mass is 602 g/mol. The van der Waals surface area contributed by atoms with Crippen molar-refractivity contribution in [1.29, 1.82) is 0 Å². The molecule has 1 saturated heterocycles. The van der Waals surface area contributed by atoms with Gasteiger partial charge >= 0.3 is 5.97 Å². The molecule has 3 unspecified atom stereocenters. The van der Waals surface area contributed by atoms with Crippen molar-refractivity contribution in [2.24, 2.45) is 5.92 Å². The number of halogens is 1. The van der Waals surface area contributed by atoms with Gasteiger partial charge in [0.15, 0.2) is 14.1 Å². The van der Waals surface area contributed by atoms with Crippen LogP contribution in [0.1, 0.15) is 65.2 Å². The molecule has 0 aromatic heterocycles. The van der Waals surface area contributed by atoms with Crippen molar-refractivity contribution in [2.75, 3.05) is 4.43 Å². The summed E-state index contributed by atoms with van der Waals surface area (Å²) in [5.74, 6) is -0.947. The van der Waals surface area contributed by atoms with Crippen LogP contribution in [-0.4, -0.2) is 48.9 Å². The fourth-order valence-corrected chi connectivity index (χ4v) is 5.76. The molecule has 1 heterocycles. The molecule has 0 amide bonds. The highest BCUT2D eigenvalue weighted by Crippen LogP contribution is 2.38. The van der Waals surface area contributed by atoms with Gasteiger partial charge in [-0.3, -0.25) is 0 Å². The number of esters is 1. The first kappa shape index (κ1) is 29.5. The second-order valence-corrected chi connectivity index (χ2v) is 17.0. The highest BCUT2D eigenvalue weighted by Gasteiger charge is 2.45. The maximum Gasteiger partial charge on any atom is 0.338 e. The molecule has 1 aromatic carbocycles. The Bertz CT molecular complexity index is 818. The first-order valence-corrected chi connectivity index (χ1v) is 16.6. The molecule has 1 aliphatic heterocycles. The smallest absolute Gasteiger partial charge is 0.338 e. The van der Waals surface area contributed by atoms with Gasteiger partial charge in [0.25, 0.3) is 0 Å². The van der Waals surface area contributed by atoms with Gasteiger partial charge < -0.3 is 18.6 Å². The van der Waals surface area contributed by atoms with Crippen LogP contribution in [0.15, 0.2) is 42.5 Å². The molecular formula is C27H43IO5Si. The van der Waals surface area contributed by atoms with E-state index in [-0.39, 0.29) is 35.2 Å². The SMILES string of the molecule is C[C@H](/C=C\C(OC(=O)c1ccccc1)C1OC(C)(C)OC1CCI)[C@H](C)O[Si](C)(C)C(C)(C)C. The predicted octanol–water partition coefficient (Wildman–Crippen LogP) is 7.16. The second kappa shape index (κ2) is 12.0. The molecule has 1 fully saturated rings. The van der Waals surface area contributed by atoms with Crippen LogP contribution in [0.5, 0.6) is 0 Å². The molecule has 0 bridgehead atoms. The number of carbonyl (C=O) groups excluding carboxylic acids is 1. The first-order valence-electron chi connectivity index (χ1n) is 12.2. The third-order valence-corrected chi connectivity index (χ3v) is 12.0. The second-order valence-electron chi connectivity index (χ2n) is 11.2. The minimum absolute atomic E-state index is 0.0462. The van der Waals surface area contributed by atoms with Crippen molar-refractivity contribution < 1.29 is 23.4 Å². The fraction of sp³-hybridized carbons (Fsp3) is 0.667. The van der Waals surface area contributed by atoms with E-state index < -0.39 is 20.2 Å². The predicted molar refractivity (Wildman–Crippen MR) is 149 cm³/mol. The molecule has 5 atom stereocenters. The van der Waals surface area contributed by atoms with E-state index in [1.54, 1.807) is 12.1 Å². The lowest BCUT2D eigenvalue weighted by Crippen LogP contribution is -2.44. The minimum Gasteiger partial charge on any atom is -0.452 e. The van der Waals surface area contributed by atoms with E-state index in [2.05, 4.69) is 76.4 Å². The third-order valence-electron chi connectivity index (χ3n) is 6.82. The summed E-state index contributed by atoms with van der Waals surface area (Å²) in [6.07, 6.45) is 3.83. The molecule has 1 aromatic rings. The highest BCUT2D eigenvalue weighted by molar-refractivity contribution is 14.1. The molecule has 0 saturated carbocycles. The summed E-state index contributed by atoms with van der Waals surface area (Å²) in [7, 11) is -1.89. The number of hydrogen-bond donors (Lipinski definition) is 0. The zero-order valence-corrected chi connectivity index (χ0v) is 25.4. The Morgan fingerprint density at radius 2 is 1.76 bits per heavy atom. The number of carbonyl (C=O) groups is 1. The molecule has 0 aliphatic carbocycles. The van der Waals surface area contributed by atoms with Crippen molar-refractivity contribution in [3.05, 3.63) is 48.0 Å². The molecular weight excluding hydrogens is 559 g/mol. The average molecular weight is 603 g/mol. The van der Waals surface area contributed by atoms with Crippen LogP contribution < -0.4 is 0 Å². The lowest BCUT2D eigenvalue weighted by molar-refractivity contribution is -0.153. The van der Waals surface area contributed by atoms with Crippen molar-refractivity contribution in [3.8, 4) is 0 Å². The van der Waals surface area contributed by atoms with E-state index in [9.17, 15) is 4.79 Å². The quantitative estimate of drug-likeness (QED) is 0.0936. The normalized spacial score (nSPS) is 23.6. The van der Waals surface area contributed by atoms with Crippen LogP contribution >= 0.6 is 22.6 Å². The fourth-order valence-electron chi connectivity index (χ4n) is 3.64. The Hall–Kier alpha value is -0.743. The van der Waals surface area contributed by atoms with Gasteiger partial charge in [-0.25, -0.2) is 4.79 Å². The maximum atomic E-state index is 12.9. The third kappa shape index (κ3) is 8.15. The largest absolute Gasteiger partial charge is 0.452 e. The van der Waals surface area contributed by atoms with E-state index in [0.717, 1.165) is 10.8 Å². The standard InChI is InChI=1S/C27H43IO5Si/c1-19(20(2)33-34(8,9)26(3,4)5)15-16-22(30-25(29)21-13-11-10-12-14-21)24-23(17-18-28)31-27(6,7)32-24/h10-16,19-20,22-24H,17-18H2,1-9H3/b16-15-/t19-,20+,22?,23?,24?/m1/s1. The van der Waals surface area contributed by atoms with Crippen LogP contribution in [0.3, 0.4) is 0 Å². The summed E-state index contributed by atoms with van der Waals surface area (Å²) in [5.41, 5.74) is 0.521. The molecule has 0 radical (unpaired) electrons. The lowest BCUT2D eigenvalue weighted by atomic mass is 10.0. The molecule has 5 nitrogen and oxygen atoms in total. The summed E-state index contributed by atoms with van der Waals surface area (Å²) < 4.78 is 25.9. The van der Waals surface area contributed by atoms with Gasteiger partial charge in [0.1, 0.15) is 12.2 Å². The zero-order valence-electron chi connectivity index (χ0n) is 22.3. The minimum atomic E-state index is -1.89. The number of alkyl halides is 1. The molecule has 34 heavy (non-hydrogen) atoms. The van der Waals surface area contributed by atoms with Gasteiger partial charge in [-0.15, -0.1) is 0 Å². The Balaban J connectivity index is 2.24. The van der Waals surface area contributed by atoms with E-state index in [1.807, 2.05) is 38.1 Å². The topological polar surface area (TPSA) is 54.0 Å². The Morgan fingerprint density at radius 1 is 1.15 bits per heavy atom. The molecule has 1 aliphatic rings. The van der Waals surface area contributed by atoms with Gasteiger partial charge in [0, 0.05) is 10.5 Å². The number of rotatable bonds is 10. The lowest BCUT2D eigenvalue weighted by Gasteiger charge is -2.39. The van der Waals surface area contributed by atoms with Crippen molar-refractivity contribution in [1.82, 2.24) is 0 Å². The maximum absolute atomic E-state index is 12.9. The summed E-state index contributed by atoms with van der Waals surface area (Å²) in [6.45, 7) is 19.4. The van der Waals surface area contributed by atoms with Gasteiger partial charge in [0.2, 0.25) is 0 Å². The van der Waals surface area contributed by atoms with Crippen LogP contribution in [-0.2, 0) is 18.6 Å². The van der Waals surface area contributed by atoms with Crippen LogP contribution in [0.25, 0.3) is 0 Å². The average Bonchev–Trinajstić information content (AvgIpc) is 3.04. The van der Waals surface area contributed by atoms with E-state index >= 15 is 0 Å². The number of hydrogen-bond acceptors (Lipinski definition) is 5. The van der Waals surface area contributed by atoms with E-state index in [1.165, 1.54) is 0 Å². The number of benzene rings is 1. The Morgan fingerprint density at radius 3 is 2.32 bits per heavy atom. The van der Waals surface area contributed by atoms with Gasteiger partial charge in [-0.1, -0.05) is 74.6 Å². The summed E-state index contributed by atoms with van der Waals surface area (Å²) in [5, 5.41) is 0.145. The van der Waals surface area contributed by atoms with Crippen molar-refractivity contribution in [3.63, 3.8) is 0 Å². The highest BCUT2D eigenvalue weighted by atomic mass is 127.